The summed E-state index contributed by atoms with van der Waals surface area (Å²) in [5, 5.41) is 12.6. The van der Waals surface area contributed by atoms with E-state index in [1.165, 1.54) is 0 Å². The lowest BCUT2D eigenvalue weighted by Gasteiger charge is -2.25. The van der Waals surface area contributed by atoms with Crippen molar-refractivity contribution < 1.29 is 14.6 Å². The van der Waals surface area contributed by atoms with E-state index in [1.54, 1.807) is 24.9 Å². The van der Waals surface area contributed by atoms with Gasteiger partial charge >= 0.3 is 0 Å². The second kappa shape index (κ2) is 9.62. The number of rotatable bonds is 6. The Balaban J connectivity index is 1.64. The van der Waals surface area contributed by atoms with Gasteiger partial charge in [0.1, 0.15) is 5.75 Å². The molecule has 1 fully saturated rings. The summed E-state index contributed by atoms with van der Waals surface area (Å²) in [7, 11) is 1.66. The topological polar surface area (TPSA) is 58.6 Å². The minimum atomic E-state index is -0.214. The fourth-order valence-corrected chi connectivity index (χ4v) is 4.11. The number of ether oxygens (including phenoxy) is 1. The molecule has 0 unspecified atom stereocenters. The molecular weight excluding hydrogens is 358 g/mol. The Morgan fingerprint density at radius 2 is 1.93 bits per heavy atom. The van der Waals surface area contributed by atoms with Crippen molar-refractivity contribution in [2.75, 3.05) is 7.11 Å². The SMILES string of the molecule is COc1cccc(Sc2ccccc2C=CC(=O)NC2CCC(O)CC2)c1. The number of carbonyl (C=O) groups is 1. The van der Waals surface area contributed by atoms with Crippen LogP contribution in [0.5, 0.6) is 5.75 Å². The maximum Gasteiger partial charge on any atom is 0.244 e. The van der Waals surface area contributed by atoms with E-state index >= 15 is 0 Å². The summed E-state index contributed by atoms with van der Waals surface area (Å²) < 4.78 is 5.28. The van der Waals surface area contributed by atoms with Gasteiger partial charge in [-0.1, -0.05) is 36.0 Å². The third-order valence-electron chi connectivity index (χ3n) is 4.65. The van der Waals surface area contributed by atoms with E-state index in [-0.39, 0.29) is 18.1 Å². The zero-order chi connectivity index (χ0) is 19.1. The first-order chi connectivity index (χ1) is 13.1. The highest BCUT2D eigenvalue weighted by atomic mass is 32.2. The van der Waals surface area contributed by atoms with Crippen molar-refractivity contribution in [2.24, 2.45) is 0 Å². The van der Waals surface area contributed by atoms with Crippen LogP contribution in [-0.4, -0.2) is 30.3 Å². The highest BCUT2D eigenvalue weighted by Crippen LogP contribution is 2.32. The zero-order valence-corrected chi connectivity index (χ0v) is 16.2. The van der Waals surface area contributed by atoms with E-state index < -0.39 is 0 Å². The molecule has 1 saturated carbocycles. The predicted molar refractivity (Wildman–Crippen MR) is 109 cm³/mol. The van der Waals surface area contributed by atoms with Crippen molar-refractivity contribution in [3.63, 3.8) is 0 Å². The Bertz CT molecular complexity index is 798. The average Bonchev–Trinajstić information content (AvgIpc) is 2.69. The number of aliphatic hydroxyl groups is 1. The van der Waals surface area contributed by atoms with Crippen LogP contribution in [0.25, 0.3) is 6.08 Å². The standard InChI is InChI=1S/C22H25NO3S/c1-26-19-6-4-7-20(15-19)27-21-8-3-2-5-16(21)9-14-22(25)23-17-10-12-18(24)13-11-17/h2-9,14-15,17-18,24H,10-13H2,1H3,(H,23,25). The largest absolute Gasteiger partial charge is 0.497 e. The molecule has 2 N–H and O–H groups in total. The van der Waals surface area contributed by atoms with Crippen molar-refractivity contribution in [2.45, 2.75) is 47.6 Å². The van der Waals surface area contributed by atoms with Crippen molar-refractivity contribution >= 4 is 23.7 Å². The van der Waals surface area contributed by atoms with Gasteiger partial charge in [-0.3, -0.25) is 4.79 Å². The van der Waals surface area contributed by atoms with Crippen molar-refractivity contribution in [3.05, 3.63) is 60.2 Å². The van der Waals surface area contributed by atoms with Gasteiger partial charge in [0.15, 0.2) is 0 Å². The van der Waals surface area contributed by atoms with Gasteiger partial charge in [0.25, 0.3) is 0 Å². The third kappa shape index (κ3) is 5.88. The Labute approximate surface area is 164 Å². The predicted octanol–water partition coefficient (Wildman–Crippen LogP) is 4.28. The van der Waals surface area contributed by atoms with Gasteiger partial charge in [-0.15, -0.1) is 0 Å². The lowest BCUT2D eigenvalue weighted by molar-refractivity contribution is -0.117. The van der Waals surface area contributed by atoms with Gasteiger partial charge in [-0.05, 0) is 61.6 Å². The van der Waals surface area contributed by atoms with Crippen molar-refractivity contribution in [3.8, 4) is 5.75 Å². The minimum Gasteiger partial charge on any atom is -0.497 e. The molecule has 0 radical (unpaired) electrons. The van der Waals surface area contributed by atoms with Crippen LogP contribution < -0.4 is 10.1 Å². The number of benzene rings is 2. The van der Waals surface area contributed by atoms with Crippen LogP contribution in [0.2, 0.25) is 0 Å². The minimum absolute atomic E-state index is 0.0856. The summed E-state index contributed by atoms with van der Waals surface area (Å²) in [6.45, 7) is 0. The Morgan fingerprint density at radius 1 is 1.15 bits per heavy atom. The highest BCUT2D eigenvalue weighted by molar-refractivity contribution is 7.99. The van der Waals surface area contributed by atoms with Gasteiger partial charge in [-0.25, -0.2) is 0 Å². The molecule has 0 heterocycles. The number of amides is 1. The van der Waals surface area contributed by atoms with Crippen molar-refractivity contribution in [1.82, 2.24) is 5.32 Å². The van der Waals surface area contributed by atoms with Crippen LogP contribution in [0.15, 0.2) is 64.4 Å². The van der Waals surface area contributed by atoms with Crippen LogP contribution >= 0.6 is 11.8 Å². The molecule has 3 rings (SSSR count). The number of hydrogen-bond acceptors (Lipinski definition) is 4. The first kappa shape index (κ1) is 19.5. The van der Waals surface area contributed by atoms with E-state index in [0.717, 1.165) is 46.8 Å². The van der Waals surface area contributed by atoms with Gasteiger partial charge < -0.3 is 15.2 Å². The molecule has 2 aromatic rings. The molecule has 1 aliphatic carbocycles. The second-order valence-electron chi connectivity index (χ2n) is 6.67. The molecule has 0 saturated heterocycles. The quantitative estimate of drug-likeness (QED) is 0.731. The Hall–Kier alpha value is -2.24. The molecule has 4 nitrogen and oxygen atoms in total. The number of carbonyl (C=O) groups excluding carboxylic acids is 1. The van der Waals surface area contributed by atoms with Crippen LogP contribution in [0.1, 0.15) is 31.2 Å². The summed E-state index contributed by atoms with van der Waals surface area (Å²) in [6.07, 6.45) is 6.43. The van der Waals surface area contributed by atoms with Crippen LogP contribution in [-0.2, 0) is 4.79 Å². The fourth-order valence-electron chi connectivity index (χ4n) is 3.14. The summed E-state index contributed by atoms with van der Waals surface area (Å²) in [5.41, 5.74) is 1.000. The molecule has 0 spiro atoms. The first-order valence-electron chi connectivity index (χ1n) is 9.21. The molecule has 2 aromatic carbocycles. The monoisotopic (exact) mass is 383 g/mol. The summed E-state index contributed by atoms with van der Waals surface area (Å²) >= 11 is 1.64. The van der Waals surface area contributed by atoms with Gasteiger partial charge in [-0.2, -0.15) is 0 Å². The van der Waals surface area contributed by atoms with E-state index in [1.807, 2.05) is 54.6 Å². The smallest absolute Gasteiger partial charge is 0.244 e. The van der Waals surface area contributed by atoms with Crippen molar-refractivity contribution in [1.29, 1.82) is 0 Å². The van der Waals surface area contributed by atoms with E-state index in [0.29, 0.717) is 0 Å². The number of hydrogen-bond donors (Lipinski definition) is 2. The fraction of sp³-hybridized carbons (Fsp3) is 0.318. The first-order valence-corrected chi connectivity index (χ1v) is 10.0. The molecule has 1 aliphatic rings. The maximum absolute atomic E-state index is 12.2. The molecule has 0 atom stereocenters. The zero-order valence-electron chi connectivity index (χ0n) is 15.4. The molecule has 0 aromatic heterocycles. The van der Waals surface area contributed by atoms with Crippen LogP contribution in [0.3, 0.4) is 0 Å². The summed E-state index contributed by atoms with van der Waals surface area (Å²) in [4.78, 5) is 14.4. The van der Waals surface area contributed by atoms with Gasteiger partial charge in [0.2, 0.25) is 5.91 Å². The van der Waals surface area contributed by atoms with Crippen LogP contribution in [0.4, 0.5) is 0 Å². The summed E-state index contributed by atoms with van der Waals surface area (Å²) in [5.74, 6) is 0.738. The van der Waals surface area contributed by atoms with E-state index in [4.69, 9.17) is 4.74 Å². The lowest BCUT2D eigenvalue weighted by atomic mass is 9.93. The number of nitrogens with one attached hydrogen (secondary N) is 1. The normalized spacial score (nSPS) is 19.8. The van der Waals surface area contributed by atoms with Gasteiger partial charge in [0.05, 0.1) is 13.2 Å². The third-order valence-corrected chi connectivity index (χ3v) is 5.73. The molecule has 1 amide bonds. The summed E-state index contributed by atoms with van der Waals surface area (Å²) in [6, 6.07) is 16.1. The molecule has 5 heteroatoms. The lowest BCUT2D eigenvalue weighted by Crippen LogP contribution is -2.37. The van der Waals surface area contributed by atoms with Crippen LogP contribution in [0, 0.1) is 0 Å². The van der Waals surface area contributed by atoms with Gasteiger partial charge in [0, 0.05) is 21.9 Å². The average molecular weight is 384 g/mol. The Kier molecular flexibility index (Phi) is 6.96. The molecule has 142 valence electrons. The molecular formula is C22H25NO3S. The van der Waals surface area contributed by atoms with E-state index in [9.17, 15) is 9.90 Å². The second-order valence-corrected chi connectivity index (χ2v) is 7.78. The van der Waals surface area contributed by atoms with E-state index in [2.05, 4.69) is 5.32 Å². The molecule has 27 heavy (non-hydrogen) atoms. The Morgan fingerprint density at radius 3 is 2.70 bits per heavy atom. The highest BCUT2D eigenvalue weighted by Gasteiger charge is 2.19. The maximum atomic E-state index is 12.2. The number of aliphatic hydroxyl groups excluding tert-OH is 1. The molecule has 0 bridgehead atoms. The molecule has 0 aliphatic heterocycles. The number of methoxy groups -OCH3 is 1.